The number of fused-ring (bicyclic) bond motifs is 1. The molecule has 1 aromatic heterocycles. The van der Waals surface area contributed by atoms with Crippen molar-refractivity contribution in [2.45, 2.75) is 26.2 Å². The van der Waals surface area contributed by atoms with Crippen molar-refractivity contribution in [2.75, 3.05) is 0 Å². The molecule has 1 aromatic carbocycles. The molecule has 0 atom stereocenters. The van der Waals surface area contributed by atoms with Crippen LogP contribution in [-0.4, -0.2) is 14.5 Å². The van der Waals surface area contributed by atoms with Crippen LogP contribution in [-0.2, 0) is 6.42 Å². The van der Waals surface area contributed by atoms with Crippen LogP contribution in [0.2, 0.25) is 0 Å². The average molecular weight is 250 g/mol. The maximum absolute atomic E-state index is 2.41. The second kappa shape index (κ2) is 4.72. The fourth-order valence-electron chi connectivity index (χ4n) is 1.58. The number of hydrogen-bond acceptors (Lipinski definition) is 0. The Labute approximate surface area is 91.3 Å². The molecule has 1 heteroatoms. The van der Waals surface area contributed by atoms with Crippen LogP contribution in [0.25, 0.3) is 10.8 Å². The molecule has 0 bridgehead atoms. The van der Waals surface area contributed by atoms with Gasteiger partial charge in [0.1, 0.15) is 0 Å². The van der Waals surface area contributed by atoms with Gasteiger partial charge in [0, 0.05) is 0 Å². The molecule has 0 radical (unpaired) electrons. The van der Waals surface area contributed by atoms with Crippen molar-refractivity contribution in [3.63, 3.8) is 0 Å². The summed E-state index contributed by atoms with van der Waals surface area (Å²) in [5, 5.41) is 2.83. The van der Waals surface area contributed by atoms with Gasteiger partial charge in [-0.05, 0) is 0 Å². The predicted molar refractivity (Wildman–Crippen MR) is 63.9 cm³/mol. The van der Waals surface area contributed by atoms with Crippen LogP contribution in [0.4, 0.5) is 0 Å². The molecule has 1 heterocycles. The Hall–Kier alpha value is -0.651. The van der Waals surface area contributed by atoms with Gasteiger partial charge in [-0.3, -0.25) is 0 Å². The molecule has 0 amide bonds. The molecule has 0 spiro atoms. The van der Waals surface area contributed by atoms with Crippen molar-refractivity contribution >= 4 is 25.3 Å². The molecule has 2 aromatic rings. The summed E-state index contributed by atoms with van der Waals surface area (Å²) in [6.07, 6.45) is 3.93. The quantitative estimate of drug-likeness (QED) is 0.731. The van der Waals surface area contributed by atoms with Gasteiger partial charge in [-0.25, -0.2) is 0 Å². The molecule has 0 aliphatic rings. The molecule has 14 heavy (non-hydrogen) atoms. The van der Waals surface area contributed by atoms with Crippen molar-refractivity contribution < 1.29 is 0 Å². The molecule has 0 aliphatic carbocycles. The van der Waals surface area contributed by atoms with Crippen LogP contribution in [0, 0.1) is 0 Å². The molecule has 0 fully saturated rings. The molecular formula is C13H15Se+. The third-order valence-electron chi connectivity index (χ3n) is 2.43. The van der Waals surface area contributed by atoms with E-state index in [1.165, 1.54) is 30.0 Å². The van der Waals surface area contributed by atoms with Gasteiger partial charge in [-0.15, -0.1) is 0 Å². The van der Waals surface area contributed by atoms with Gasteiger partial charge >= 0.3 is 91.2 Å². The Morgan fingerprint density at radius 2 is 1.93 bits per heavy atom. The van der Waals surface area contributed by atoms with E-state index < -0.39 is 0 Å². The van der Waals surface area contributed by atoms with E-state index in [4.69, 9.17) is 0 Å². The van der Waals surface area contributed by atoms with Crippen LogP contribution in [0.3, 0.4) is 0 Å². The van der Waals surface area contributed by atoms with Crippen molar-refractivity contribution in [1.29, 1.82) is 0 Å². The van der Waals surface area contributed by atoms with Gasteiger partial charge in [-0.2, -0.15) is 0 Å². The van der Waals surface area contributed by atoms with Gasteiger partial charge in [0.05, 0.1) is 0 Å². The van der Waals surface area contributed by atoms with E-state index in [-0.39, 0.29) is 0 Å². The zero-order valence-electron chi connectivity index (χ0n) is 8.49. The van der Waals surface area contributed by atoms with Gasteiger partial charge < -0.3 is 0 Å². The van der Waals surface area contributed by atoms with Crippen molar-refractivity contribution in [2.24, 2.45) is 0 Å². The summed E-state index contributed by atoms with van der Waals surface area (Å²) in [7, 11) is 0. The van der Waals surface area contributed by atoms with Crippen LogP contribution < -0.4 is 0 Å². The van der Waals surface area contributed by atoms with Crippen molar-refractivity contribution in [3.05, 3.63) is 39.7 Å². The first-order valence-electron chi connectivity index (χ1n) is 5.19. The van der Waals surface area contributed by atoms with E-state index in [1.807, 2.05) is 0 Å². The minimum absolute atomic E-state index is 0.601. The summed E-state index contributed by atoms with van der Waals surface area (Å²) in [5.74, 6) is 0. The van der Waals surface area contributed by atoms with E-state index in [2.05, 4.69) is 42.2 Å². The number of hydrogen-bond donors (Lipinski definition) is 0. The average Bonchev–Trinajstić information content (AvgIpc) is 2.26. The third-order valence-corrected chi connectivity index (χ3v) is 4.52. The van der Waals surface area contributed by atoms with Crippen LogP contribution in [0.1, 0.15) is 24.2 Å². The number of aryl methyl sites for hydroxylation is 1. The second-order valence-electron chi connectivity index (χ2n) is 3.58. The SMILES string of the molecule is CCCCc1cc2ccccc2c[se+]1. The molecule has 2 rings (SSSR count). The summed E-state index contributed by atoms with van der Waals surface area (Å²) >= 11 is 0.601. The van der Waals surface area contributed by atoms with E-state index in [1.54, 1.807) is 4.44 Å². The Kier molecular flexibility index (Phi) is 3.34. The molecular weight excluding hydrogens is 235 g/mol. The molecule has 0 nitrogen and oxygen atoms in total. The second-order valence-corrected chi connectivity index (χ2v) is 5.67. The number of unbranched alkanes of at least 4 members (excludes halogenated alkanes) is 1. The van der Waals surface area contributed by atoms with Gasteiger partial charge in [-0.1, -0.05) is 0 Å². The Morgan fingerprint density at radius 3 is 2.71 bits per heavy atom. The van der Waals surface area contributed by atoms with E-state index in [0.29, 0.717) is 14.5 Å². The maximum atomic E-state index is 2.41. The van der Waals surface area contributed by atoms with E-state index in [9.17, 15) is 0 Å². The molecule has 0 N–H and O–H groups in total. The van der Waals surface area contributed by atoms with Gasteiger partial charge in [0.25, 0.3) is 0 Å². The molecule has 0 aliphatic heterocycles. The molecule has 0 saturated carbocycles. The van der Waals surface area contributed by atoms with Gasteiger partial charge in [0.2, 0.25) is 0 Å². The van der Waals surface area contributed by atoms with Crippen LogP contribution in [0.15, 0.2) is 35.3 Å². The Morgan fingerprint density at radius 1 is 1.14 bits per heavy atom. The summed E-state index contributed by atoms with van der Waals surface area (Å²) in [6.45, 7) is 2.26. The summed E-state index contributed by atoms with van der Waals surface area (Å²) in [6, 6.07) is 11.1. The molecule has 0 unspecified atom stereocenters. The number of rotatable bonds is 3. The van der Waals surface area contributed by atoms with Crippen molar-refractivity contribution in [3.8, 4) is 0 Å². The van der Waals surface area contributed by atoms with E-state index >= 15 is 0 Å². The third kappa shape index (κ3) is 2.23. The van der Waals surface area contributed by atoms with Crippen LogP contribution >= 0.6 is 0 Å². The minimum atomic E-state index is 0.601. The topological polar surface area (TPSA) is 0 Å². The Balaban J connectivity index is 2.32. The summed E-state index contributed by atoms with van der Waals surface area (Å²) in [5.41, 5.74) is 0. The standard InChI is InChI=1S/C13H15Se/c1-2-3-8-13-9-11-6-4-5-7-12(11)10-14-13/h4-7,9-10H,2-3,8H2,1H3/q+1. The van der Waals surface area contributed by atoms with E-state index in [0.717, 1.165) is 0 Å². The first-order valence-corrected chi connectivity index (χ1v) is 7.04. The van der Waals surface area contributed by atoms with Crippen LogP contribution in [0.5, 0.6) is 0 Å². The molecule has 72 valence electrons. The van der Waals surface area contributed by atoms with Crippen molar-refractivity contribution in [1.82, 2.24) is 0 Å². The zero-order valence-corrected chi connectivity index (χ0v) is 10.2. The summed E-state index contributed by atoms with van der Waals surface area (Å²) in [4.78, 5) is 2.41. The normalized spacial score (nSPS) is 10.6. The molecule has 0 saturated heterocycles. The fourth-order valence-corrected chi connectivity index (χ4v) is 3.57. The Bertz CT molecular complexity index is 420. The summed E-state index contributed by atoms with van der Waals surface area (Å²) < 4.78 is 1.65. The monoisotopic (exact) mass is 251 g/mol. The number of benzene rings is 1. The van der Waals surface area contributed by atoms with Gasteiger partial charge in [0.15, 0.2) is 0 Å². The first-order chi connectivity index (χ1) is 6.90. The fraction of sp³-hybridized carbons (Fsp3) is 0.308. The predicted octanol–water partition coefficient (Wildman–Crippen LogP) is 3.52. The first kappa shape index (κ1) is 9.89. The zero-order chi connectivity index (χ0) is 9.80.